The summed E-state index contributed by atoms with van der Waals surface area (Å²) in [6.07, 6.45) is 0. The largest absolute Gasteiger partial charge is 0.116 e. The van der Waals surface area contributed by atoms with Crippen LogP contribution in [0.15, 0.2) is 0 Å². The normalized spacial score (nSPS) is 15.5. The highest BCUT2D eigenvalue weighted by atomic mass is 35.9. The minimum Gasteiger partial charge on any atom is -0.116 e. The van der Waals surface area contributed by atoms with Crippen LogP contribution in [0.2, 0.25) is 0 Å². The molecule has 0 aromatic rings. The zero-order valence-corrected chi connectivity index (χ0v) is 6.32. The average molecular weight is 165 g/mol. The van der Waals surface area contributed by atoms with Crippen molar-refractivity contribution >= 4 is 40.7 Å². The Bertz CT molecular complexity index is 29.8. The van der Waals surface area contributed by atoms with Gasteiger partial charge in [0.25, 0.3) is 0 Å². The van der Waals surface area contributed by atoms with Gasteiger partial charge in [0.15, 0.2) is 0 Å². The summed E-state index contributed by atoms with van der Waals surface area (Å²) in [5.74, 6) is 0. The highest BCUT2D eigenvalue weighted by Gasteiger charge is 2.04. The first-order chi connectivity index (χ1) is 2.64. The Hall–Kier alpha value is 1.30. The third-order valence-electron chi connectivity index (χ3n) is 0.269. The molecule has 6 heavy (non-hydrogen) atoms. The van der Waals surface area contributed by atoms with E-state index in [-0.39, 0.29) is 5.12 Å². The van der Waals surface area contributed by atoms with Crippen LogP contribution in [0.1, 0.15) is 6.92 Å². The maximum absolute atomic E-state index is 5.38. The molecule has 38 valence electrons. The molecule has 0 N–H and O–H groups in total. The maximum Gasteiger partial charge on any atom is 0.103 e. The van der Waals surface area contributed by atoms with Crippen LogP contribution in [0.5, 0.6) is 0 Å². The Morgan fingerprint density at radius 3 is 1.67 bits per heavy atom. The monoisotopic (exact) mass is 164 g/mol. The summed E-state index contributed by atoms with van der Waals surface area (Å²) in [5.41, 5.74) is 0. The number of hydrogen-bond acceptors (Lipinski definition) is 0. The Morgan fingerprint density at radius 2 is 1.67 bits per heavy atom. The Morgan fingerprint density at radius 1 is 1.50 bits per heavy atom. The number of alkyl halides is 1. The Balaban J connectivity index is 2.99. The summed E-state index contributed by atoms with van der Waals surface area (Å²) in [6.45, 7) is 0.822. The summed E-state index contributed by atoms with van der Waals surface area (Å²) < 4.78 is 0. The van der Waals surface area contributed by atoms with Gasteiger partial charge in [-0.1, -0.05) is 22.5 Å². The number of hydrogen-bond donors (Lipinski definition) is 0. The molecule has 0 aliphatic rings. The SMILES string of the molecule is CC(Cl)P(Cl)Cl. The lowest BCUT2D eigenvalue weighted by Crippen LogP contribution is -1.72. The average Bonchev–Trinajstić information content (AvgIpc) is 1.36. The molecule has 0 saturated heterocycles. The molecule has 0 fully saturated rings. The van der Waals surface area contributed by atoms with Crippen molar-refractivity contribution in [3.63, 3.8) is 0 Å². The fourth-order valence-corrected chi connectivity index (χ4v) is 0. The predicted octanol–water partition coefficient (Wildman–Crippen LogP) is 3.36. The third kappa shape index (κ3) is 3.49. The first-order valence-corrected chi connectivity index (χ1v) is 5.05. The quantitative estimate of drug-likeness (QED) is 0.413. The minimum absolute atomic E-state index is 0.0802. The van der Waals surface area contributed by atoms with Crippen molar-refractivity contribution in [1.82, 2.24) is 0 Å². The van der Waals surface area contributed by atoms with E-state index in [1.165, 1.54) is 0 Å². The number of rotatable bonds is 1. The van der Waals surface area contributed by atoms with Crippen molar-refractivity contribution in [2.24, 2.45) is 0 Å². The van der Waals surface area contributed by atoms with E-state index >= 15 is 0 Å². The van der Waals surface area contributed by atoms with Gasteiger partial charge < -0.3 is 0 Å². The van der Waals surface area contributed by atoms with Crippen LogP contribution >= 0.6 is 40.7 Å². The third-order valence-corrected chi connectivity index (χ3v) is 3.75. The molecule has 0 aliphatic carbocycles. The van der Waals surface area contributed by atoms with Gasteiger partial charge in [-0.15, -0.1) is 11.6 Å². The molecule has 0 spiro atoms. The molecule has 0 bridgehead atoms. The van der Waals surface area contributed by atoms with Crippen molar-refractivity contribution in [1.29, 1.82) is 0 Å². The van der Waals surface area contributed by atoms with Crippen LogP contribution in [0, 0.1) is 0 Å². The summed E-state index contributed by atoms with van der Waals surface area (Å²) in [6, 6.07) is 0. The molecule has 0 aromatic heterocycles. The van der Waals surface area contributed by atoms with E-state index in [0.717, 1.165) is 0 Å². The van der Waals surface area contributed by atoms with Crippen molar-refractivity contribution in [3.8, 4) is 0 Å². The van der Waals surface area contributed by atoms with Gasteiger partial charge in [0.05, 0.1) is 5.12 Å². The number of halogens is 3. The van der Waals surface area contributed by atoms with Crippen molar-refractivity contribution < 1.29 is 0 Å². The predicted molar refractivity (Wildman–Crippen MR) is 33.9 cm³/mol. The van der Waals surface area contributed by atoms with Crippen LogP contribution in [0.25, 0.3) is 0 Å². The molecule has 4 heteroatoms. The van der Waals surface area contributed by atoms with E-state index in [1.807, 2.05) is 0 Å². The smallest absolute Gasteiger partial charge is 0.103 e. The van der Waals surface area contributed by atoms with Gasteiger partial charge >= 0.3 is 0 Å². The molecule has 0 radical (unpaired) electrons. The van der Waals surface area contributed by atoms with Gasteiger partial charge in [0, 0.05) is 0 Å². The lowest BCUT2D eigenvalue weighted by atomic mass is 11.0. The van der Waals surface area contributed by atoms with Crippen molar-refractivity contribution in [2.75, 3.05) is 0 Å². The molecular weight excluding hydrogens is 161 g/mol. The molecule has 0 aliphatic heterocycles. The first-order valence-electron chi connectivity index (χ1n) is 1.39. The molecule has 0 aromatic carbocycles. The van der Waals surface area contributed by atoms with Gasteiger partial charge in [-0.25, -0.2) is 0 Å². The van der Waals surface area contributed by atoms with Gasteiger partial charge in [-0.3, -0.25) is 0 Å². The summed E-state index contributed by atoms with van der Waals surface area (Å²) in [7, 11) is 0. The second-order valence-corrected chi connectivity index (χ2v) is 5.79. The molecule has 0 saturated carbocycles. The minimum atomic E-state index is -0.950. The topological polar surface area (TPSA) is 0 Å². The van der Waals surface area contributed by atoms with E-state index < -0.39 is 6.63 Å². The van der Waals surface area contributed by atoms with Crippen LogP contribution < -0.4 is 0 Å². The zero-order valence-electron chi connectivity index (χ0n) is 3.16. The van der Waals surface area contributed by atoms with Crippen molar-refractivity contribution in [2.45, 2.75) is 12.0 Å². The molecular formula is C2H4Cl3P. The fraction of sp³-hybridized carbons (Fsp3) is 1.00. The molecule has 0 rings (SSSR count). The van der Waals surface area contributed by atoms with Gasteiger partial charge in [-0.2, -0.15) is 0 Å². The second-order valence-electron chi connectivity index (χ2n) is 0.833. The lowest BCUT2D eigenvalue weighted by molar-refractivity contribution is 1.40. The summed E-state index contributed by atoms with van der Waals surface area (Å²) >= 11 is 16.0. The first kappa shape index (κ1) is 7.30. The zero-order chi connectivity index (χ0) is 5.15. The fourth-order valence-electron chi connectivity index (χ4n) is 0. The second kappa shape index (κ2) is 3.32. The van der Waals surface area contributed by atoms with E-state index in [1.54, 1.807) is 6.92 Å². The highest BCUT2D eigenvalue weighted by molar-refractivity contribution is 8.05. The molecule has 0 amide bonds. The lowest BCUT2D eigenvalue weighted by Gasteiger charge is -1.97. The van der Waals surface area contributed by atoms with Gasteiger partial charge in [0.2, 0.25) is 0 Å². The van der Waals surface area contributed by atoms with Crippen LogP contribution in [0.4, 0.5) is 0 Å². The van der Waals surface area contributed by atoms with E-state index in [2.05, 4.69) is 0 Å². The van der Waals surface area contributed by atoms with E-state index in [0.29, 0.717) is 0 Å². The highest BCUT2D eigenvalue weighted by Crippen LogP contribution is 2.52. The van der Waals surface area contributed by atoms with E-state index in [9.17, 15) is 0 Å². The van der Waals surface area contributed by atoms with Crippen LogP contribution in [-0.4, -0.2) is 5.12 Å². The van der Waals surface area contributed by atoms with Crippen LogP contribution in [0.3, 0.4) is 0 Å². The molecule has 1 atom stereocenters. The molecule has 1 unspecified atom stereocenters. The summed E-state index contributed by atoms with van der Waals surface area (Å²) in [4.78, 5) is 0. The maximum atomic E-state index is 5.38. The van der Waals surface area contributed by atoms with Gasteiger partial charge in [0.1, 0.15) is 6.63 Å². The Kier molecular flexibility index (Phi) is 4.04. The standard InChI is InChI=1S/C2H4Cl3P/c1-2(3)6(4)5/h2H,1H3. The van der Waals surface area contributed by atoms with E-state index in [4.69, 9.17) is 34.1 Å². The Labute approximate surface area is 53.1 Å². The van der Waals surface area contributed by atoms with Crippen LogP contribution in [-0.2, 0) is 0 Å². The summed E-state index contributed by atoms with van der Waals surface area (Å²) in [5, 5.41) is -0.0802. The van der Waals surface area contributed by atoms with Gasteiger partial charge in [-0.05, 0) is 6.92 Å². The molecule has 0 nitrogen and oxygen atoms in total. The van der Waals surface area contributed by atoms with Crippen molar-refractivity contribution in [3.05, 3.63) is 0 Å². The molecule has 0 heterocycles.